The van der Waals surface area contributed by atoms with Crippen LogP contribution in [-0.2, 0) is 9.53 Å². The summed E-state index contributed by atoms with van der Waals surface area (Å²) in [7, 11) is 0. The van der Waals surface area contributed by atoms with E-state index in [1.165, 1.54) is 6.08 Å². The van der Waals surface area contributed by atoms with Gasteiger partial charge in [0.1, 0.15) is 0 Å². The number of hydrogen-bond donors (Lipinski definition) is 2. The van der Waals surface area contributed by atoms with Crippen molar-refractivity contribution in [3.05, 3.63) is 77.5 Å². The fourth-order valence-electron chi connectivity index (χ4n) is 3.13. The van der Waals surface area contributed by atoms with Gasteiger partial charge in [-0.2, -0.15) is 5.10 Å². The van der Waals surface area contributed by atoms with Crippen LogP contribution in [0.3, 0.4) is 0 Å². The average Bonchev–Trinajstić information content (AvgIpc) is 2.81. The van der Waals surface area contributed by atoms with E-state index in [0.29, 0.717) is 29.7 Å². The summed E-state index contributed by atoms with van der Waals surface area (Å²) in [6.07, 6.45) is 4.98. The molecule has 0 spiro atoms. The number of rotatable bonds is 6. The van der Waals surface area contributed by atoms with Crippen LogP contribution in [0.2, 0.25) is 5.02 Å². The van der Waals surface area contributed by atoms with Gasteiger partial charge in [-0.05, 0) is 48.0 Å². The maximum absolute atomic E-state index is 12.1. The molecule has 31 heavy (non-hydrogen) atoms. The van der Waals surface area contributed by atoms with Crippen molar-refractivity contribution in [3.8, 4) is 0 Å². The molecule has 1 aliphatic heterocycles. The third-order valence-corrected chi connectivity index (χ3v) is 4.99. The number of ether oxygens (including phenoxy) is 1. The predicted octanol–water partition coefficient (Wildman–Crippen LogP) is 4.36. The second-order valence-electron chi connectivity index (χ2n) is 6.97. The second kappa shape index (κ2) is 10.1. The highest BCUT2D eigenvalue weighted by atomic mass is 35.5. The van der Waals surface area contributed by atoms with E-state index in [1.807, 2.05) is 42.5 Å². The summed E-state index contributed by atoms with van der Waals surface area (Å²) in [4.78, 5) is 14.4. The van der Waals surface area contributed by atoms with E-state index in [-0.39, 0.29) is 5.91 Å². The van der Waals surface area contributed by atoms with Gasteiger partial charge >= 0.3 is 0 Å². The quantitative estimate of drug-likeness (QED) is 0.560. The Morgan fingerprint density at radius 2 is 1.74 bits per heavy atom. The lowest BCUT2D eigenvalue weighted by Gasteiger charge is -2.28. The minimum atomic E-state index is -0.209. The van der Waals surface area contributed by atoms with Crippen LogP contribution < -0.4 is 15.5 Å². The summed E-state index contributed by atoms with van der Waals surface area (Å²) < 4.78 is 5.40. The summed E-state index contributed by atoms with van der Waals surface area (Å²) in [6, 6.07) is 16.6. The van der Waals surface area contributed by atoms with Crippen LogP contribution in [0.25, 0.3) is 6.08 Å². The minimum Gasteiger partial charge on any atom is -0.378 e. The lowest BCUT2D eigenvalue weighted by atomic mass is 10.2. The molecule has 2 aromatic carbocycles. The van der Waals surface area contributed by atoms with Gasteiger partial charge in [0.15, 0.2) is 5.82 Å². The van der Waals surface area contributed by atoms with Crippen LogP contribution in [0.4, 0.5) is 22.9 Å². The zero-order valence-electron chi connectivity index (χ0n) is 16.8. The maximum Gasteiger partial charge on any atom is 0.248 e. The zero-order valence-corrected chi connectivity index (χ0v) is 17.5. The standard InChI is InChI=1S/C23H22ClN5O2/c24-18-4-1-17(2-5-18)3-10-23(30)27-20-8-6-19(7-9-20)26-22-15-21(16-25-28-22)29-11-13-31-14-12-29/h1-10,15-16H,11-14H2,(H,26,28)(H,27,30)/b10-3+. The molecule has 1 fully saturated rings. The third kappa shape index (κ3) is 6.04. The number of morpholine rings is 1. The van der Waals surface area contributed by atoms with Crippen molar-refractivity contribution in [2.24, 2.45) is 0 Å². The number of nitrogens with zero attached hydrogens (tertiary/aromatic N) is 3. The van der Waals surface area contributed by atoms with Crippen molar-refractivity contribution in [3.63, 3.8) is 0 Å². The number of hydrogen-bond acceptors (Lipinski definition) is 6. The predicted molar refractivity (Wildman–Crippen MR) is 124 cm³/mol. The Morgan fingerprint density at radius 3 is 2.48 bits per heavy atom. The van der Waals surface area contributed by atoms with Crippen molar-refractivity contribution in [2.45, 2.75) is 0 Å². The second-order valence-corrected chi connectivity index (χ2v) is 7.41. The smallest absolute Gasteiger partial charge is 0.248 e. The van der Waals surface area contributed by atoms with E-state index in [2.05, 4.69) is 25.7 Å². The first-order chi connectivity index (χ1) is 15.2. The first-order valence-electron chi connectivity index (χ1n) is 9.93. The Balaban J connectivity index is 1.34. The fourth-order valence-corrected chi connectivity index (χ4v) is 3.25. The highest BCUT2D eigenvalue weighted by Crippen LogP contribution is 2.21. The molecule has 0 aliphatic carbocycles. The Bertz CT molecular complexity index is 1050. The number of nitrogens with one attached hydrogen (secondary N) is 2. The van der Waals surface area contributed by atoms with Gasteiger partial charge in [0.05, 0.1) is 25.1 Å². The van der Waals surface area contributed by atoms with Crippen molar-refractivity contribution in [1.82, 2.24) is 10.2 Å². The minimum absolute atomic E-state index is 0.209. The largest absolute Gasteiger partial charge is 0.378 e. The summed E-state index contributed by atoms with van der Waals surface area (Å²) >= 11 is 5.87. The molecule has 0 bridgehead atoms. The molecule has 1 saturated heterocycles. The Labute approximate surface area is 185 Å². The van der Waals surface area contributed by atoms with Crippen LogP contribution in [0.5, 0.6) is 0 Å². The summed E-state index contributed by atoms with van der Waals surface area (Å²) in [5, 5.41) is 15.0. The number of halogens is 1. The average molecular weight is 436 g/mol. The molecule has 4 rings (SSSR count). The van der Waals surface area contributed by atoms with E-state index in [4.69, 9.17) is 16.3 Å². The molecule has 2 N–H and O–H groups in total. The topological polar surface area (TPSA) is 79.4 Å². The first kappa shape index (κ1) is 20.8. The number of aromatic nitrogens is 2. The molecule has 0 radical (unpaired) electrons. The van der Waals surface area contributed by atoms with Crippen LogP contribution in [0.1, 0.15) is 5.56 Å². The van der Waals surface area contributed by atoms with Gasteiger partial charge in [0, 0.05) is 41.6 Å². The number of carbonyl (C=O) groups excluding carboxylic acids is 1. The molecule has 158 valence electrons. The van der Waals surface area contributed by atoms with Crippen LogP contribution >= 0.6 is 11.6 Å². The third-order valence-electron chi connectivity index (χ3n) is 4.74. The summed E-state index contributed by atoms with van der Waals surface area (Å²) in [5.41, 5.74) is 3.46. The van der Waals surface area contributed by atoms with Crippen molar-refractivity contribution < 1.29 is 9.53 Å². The van der Waals surface area contributed by atoms with Crippen LogP contribution in [-0.4, -0.2) is 42.4 Å². The van der Waals surface area contributed by atoms with Gasteiger partial charge in [-0.1, -0.05) is 23.7 Å². The van der Waals surface area contributed by atoms with E-state index in [1.54, 1.807) is 24.4 Å². The van der Waals surface area contributed by atoms with Crippen molar-refractivity contribution >= 4 is 46.5 Å². The molecular formula is C23H22ClN5O2. The van der Waals surface area contributed by atoms with E-state index in [0.717, 1.165) is 30.0 Å². The van der Waals surface area contributed by atoms with Crippen LogP contribution in [0.15, 0.2) is 66.9 Å². The fraction of sp³-hybridized carbons (Fsp3) is 0.174. The molecule has 1 aliphatic rings. The molecule has 8 heteroatoms. The molecule has 3 aromatic rings. The van der Waals surface area contributed by atoms with E-state index >= 15 is 0 Å². The molecular weight excluding hydrogens is 414 g/mol. The number of amides is 1. The Hall–Kier alpha value is -3.42. The number of carbonyl (C=O) groups is 1. The zero-order chi connectivity index (χ0) is 21.5. The van der Waals surface area contributed by atoms with Gasteiger partial charge in [-0.3, -0.25) is 4.79 Å². The highest BCUT2D eigenvalue weighted by molar-refractivity contribution is 6.30. The number of anilines is 4. The van der Waals surface area contributed by atoms with E-state index in [9.17, 15) is 4.79 Å². The summed E-state index contributed by atoms with van der Waals surface area (Å²) in [5.74, 6) is 0.450. The lowest BCUT2D eigenvalue weighted by Crippen LogP contribution is -2.36. The van der Waals surface area contributed by atoms with Crippen molar-refractivity contribution in [2.75, 3.05) is 41.8 Å². The summed E-state index contributed by atoms with van der Waals surface area (Å²) in [6.45, 7) is 3.11. The van der Waals surface area contributed by atoms with Gasteiger partial charge < -0.3 is 20.3 Å². The van der Waals surface area contributed by atoms with Gasteiger partial charge in [-0.15, -0.1) is 5.10 Å². The first-order valence-corrected chi connectivity index (χ1v) is 10.3. The molecule has 7 nitrogen and oxygen atoms in total. The lowest BCUT2D eigenvalue weighted by molar-refractivity contribution is -0.111. The van der Waals surface area contributed by atoms with Crippen molar-refractivity contribution in [1.29, 1.82) is 0 Å². The maximum atomic E-state index is 12.1. The molecule has 1 aromatic heterocycles. The normalized spacial score (nSPS) is 13.9. The Morgan fingerprint density at radius 1 is 1.03 bits per heavy atom. The Kier molecular flexibility index (Phi) is 6.76. The molecule has 0 atom stereocenters. The molecule has 0 saturated carbocycles. The molecule has 2 heterocycles. The van der Waals surface area contributed by atoms with Gasteiger partial charge in [-0.25, -0.2) is 0 Å². The SMILES string of the molecule is O=C(/C=C/c1ccc(Cl)cc1)Nc1ccc(Nc2cc(N3CCOCC3)cnn2)cc1. The number of benzene rings is 2. The molecule has 1 amide bonds. The van der Waals surface area contributed by atoms with Gasteiger partial charge in [0.2, 0.25) is 5.91 Å². The highest BCUT2D eigenvalue weighted by Gasteiger charge is 2.12. The molecule has 0 unspecified atom stereocenters. The van der Waals surface area contributed by atoms with Gasteiger partial charge in [0.25, 0.3) is 0 Å². The van der Waals surface area contributed by atoms with E-state index < -0.39 is 0 Å². The van der Waals surface area contributed by atoms with Crippen LogP contribution in [0, 0.1) is 0 Å². The monoisotopic (exact) mass is 435 g/mol.